The second-order valence-electron chi connectivity index (χ2n) is 6.29. The van der Waals surface area contributed by atoms with E-state index < -0.39 is 0 Å². The van der Waals surface area contributed by atoms with Gasteiger partial charge in [-0.15, -0.1) is 0 Å². The van der Waals surface area contributed by atoms with E-state index in [-0.39, 0.29) is 11.9 Å². The highest BCUT2D eigenvalue weighted by Gasteiger charge is 2.36. The number of hydrogen-bond donors (Lipinski definition) is 1. The van der Waals surface area contributed by atoms with Gasteiger partial charge in [-0.1, -0.05) is 25.0 Å². The molecule has 0 spiro atoms. The molecule has 1 saturated carbocycles. The molecule has 1 saturated heterocycles. The summed E-state index contributed by atoms with van der Waals surface area (Å²) < 4.78 is 13.1. The average Bonchev–Trinajstić information content (AvgIpc) is 3.12. The van der Waals surface area contributed by atoms with Crippen molar-refractivity contribution in [3.8, 4) is 0 Å². The smallest absolute Gasteiger partial charge is 0.123 e. The number of halogens is 1. The van der Waals surface area contributed by atoms with E-state index >= 15 is 0 Å². The Labute approximate surface area is 121 Å². The van der Waals surface area contributed by atoms with Gasteiger partial charge in [0.15, 0.2) is 0 Å². The van der Waals surface area contributed by atoms with Crippen LogP contribution in [0.4, 0.5) is 4.39 Å². The molecule has 110 valence electrons. The van der Waals surface area contributed by atoms with Crippen molar-refractivity contribution >= 4 is 0 Å². The Bertz CT molecular complexity index is 425. The number of nitrogens with zero attached hydrogens (tertiary/aromatic N) is 1. The molecule has 1 aromatic rings. The summed E-state index contributed by atoms with van der Waals surface area (Å²) in [7, 11) is 0. The molecule has 2 nitrogen and oxygen atoms in total. The molecule has 0 aromatic heterocycles. The molecular weight excluding hydrogens is 251 g/mol. The summed E-state index contributed by atoms with van der Waals surface area (Å²) in [4.78, 5) is 2.60. The number of likely N-dealkylation sites (tertiary alicyclic amines) is 1. The minimum atomic E-state index is -0.168. The molecule has 1 aromatic carbocycles. The van der Waals surface area contributed by atoms with Crippen molar-refractivity contribution in [2.24, 2.45) is 11.7 Å². The van der Waals surface area contributed by atoms with E-state index in [0.717, 1.165) is 12.5 Å². The minimum absolute atomic E-state index is 0.168. The summed E-state index contributed by atoms with van der Waals surface area (Å²) >= 11 is 0. The highest BCUT2D eigenvalue weighted by Crippen LogP contribution is 2.39. The van der Waals surface area contributed by atoms with Crippen molar-refractivity contribution < 1.29 is 4.39 Å². The average molecular weight is 276 g/mol. The molecule has 2 unspecified atom stereocenters. The van der Waals surface area contributed by atoms with Crippen LogP contribution in [0, 0.1) is 11.7 Å². The molecule has 1 aliphatic heterocycles. The van der Waals surface area contributed by atoms with Crippen LogP contribution in [0.25, 0.3) is 0 Å². The molecule has 0 radical (unpaired) electrons. The summed E-state index contributed by atoms with van der Waals surface area (Å²) in [6.07, 6.45) is 8.11. The van der Waals surface area contributed by atoms with Gasteiger partial charge in [-0.2, -0.15) is 0 Å². The molecule has 3 heteroatoms. The number of rotatable bonds is 4. The zero-order valence-electron chi connectivity index (χ0n) is 12.1. The summed E-state index contributed by atoms with van der Waals surface area (Å²) in [6, 6.07) is 7.85. The SMILES string of the molecule is NCC(c1ccc(F)cc1)N1CCCC1C1CCCC1. The standard InChI is InChI=1S/C17H25FN2/c18-15-9-7-14(8-10-15)17(12-19)20-11-3-6-16(20)13-4-1-2-5-13/h7-10,13,16-17H,1-6,11-12,19H2. The fraction of sp³-hybridized carbons (Fsp3) is 0.647. The third-order valence-electron chi connectivity index (χ3n) is 5.16. The van der Waals surface area contributed by atoms with Crippen LogP contribution in [-0.4, -0.2) is 24.0 Å². The predicted octanol–water partition coefficient (Wildman–Crippen LogP) is 3.48. The molecule has 2 aliphatic rings. The molecular formula is C17H25FN2. The van der Waals surface area contributed by atoms with Gasteiger partial charge >= 0.3 is 0 Å². The van der Waals surface area contributed by atoms with E-state index in [4.69, 9.17) is 5.73 Å². The molecule has 0 amide bonds. The molecule has 1 aliphatic carbocycles. The van der Waals surface area contributed by atoms with Gasteiger partial charge in [0, 0.05) is 18.6 Å². The van der Waals surface area contributed by atoms with Crippen molar-refractivity contribution in [3.05, 3.63) is 35.6 Å². The Hall–Kier alpha value is -0.930. The van der Waals surface area contributed by atoms with E-state index in [1.165, 1.54) is 44.1 Å². The van der Waals surface area contributed by atoms with Gasteiger partial charge in [0.25, 0.3) is 0 Å². The summed E-state index contributed by atoms with van der Waals surface area (Å²) in [6.45, 7) is 1.76. The Morgan fingerprint density at radius 1 is 1.10 bits per heavy atom. The number of hydrogen-bond acceptors (Lipinski definition) is 2. The molecule has 20 heavy (non-hydrogen) atoms. The van der Waals surface area contributed by atoms with Crippen LogP contribution in [0.3, 0.4) is 0 Å². The third-order valence-corrected chi connectivity index (χ3v) is 5.16. The first-order chi connectivity index (χ1) is 9.79. The highest BCUT2D eigenvalue weighted by molar-refractivity contribution is 5.21. The van der Waals surface area contributed by atoms with Crippen molar-refractivity contribution in [2.45, 2.75) is 50.6 Å². The number of benzene rings is 1. The second-order valence-corrected chi connectivity index (χ2v) is 6.29. The minimum Gasteiger partial charge on any atom is -0.329 e. The maximum Gasteiger partial charge on any atom is 0.123 e. The van der Waals surface area contributed by atoms with E-state index in [1.807, 2.05) is 12.1 Å². The fourth-order valence-corrected chi connectivity index (χ4v) is 4.20. The Balaban J connectivity index is 1.78. The van der Waals surface area contributed by atoms with Crippen molar-refractivity contribution in [3.63, 3.8) is 0 Å². The summed E-state index contributed by atoms with van der Waals surface area (Å²) in [5.74, 6) is 0.685. The molecule has 2 atom stereocenters. The zero-order valence-corrected chi connectivity index (χ0v) is 12.1. The normalized spacial score (nSPS) is 26.2. The lowest BCUT2D eigenvalue weighted by molar-refractivity contribution is 0.138. The van der Waals surface area contributed by atoms with Gasteiger partial charge in [0.2, 0.25) is 0 Å². The molecule has 1 heterocycles. The van der Waals surface area contributed by atoms with E-state index in [2.05, 4.69) is 4.90 Å². The zero-order chi connectivity index (χ0) is 13.9. The maximum absolute atomic E-state index is 13.1. The van der Waals surface area contributed by atoms with Crippen LogP contribution in [-0.2, 0) is 0 Å². The van der Waals surface area contributed by atoms with Crippen molar-refractivity contribution in [1.82, 2.24) is 4.90 Å². The van der Waals surface area contributed by atoms with E-state index in [9.17, 15) is 4.39 Å². The van der Waals surface area contributed by atoms with Gasteiger partial charge in [-0.3, -0.25) is 4.90 Å². The highest BCUT2D eigenvalue weighted by atomic mass is 19.1. The topological polar surface area (TPSA) is 29.3 Å². The van der Waals surface area contributed by atoms with Gasteiger partial charge in [0.05, 0.1) is 0 Å². The van der Waals surface area contributed by atoms with Gasteiger partial charge < -0.3 is 5.73 Å². The number of nitrogens with two attached hydrogens (primary N) is 1. The Morgan fingerprint density at radius 2 is 1.80 bits per heavy atom. The van der Waals surface area contributed by atoms with Crippen molar-refractivity contribution in [2.75, 3.05) is 13.1 Å². The third kappa shape index (κ3) is 2.75. The summed E-state index contributed by atoms with van der Waals surface area (Å²) in [5, 5.41) is 0. The van der Waals surface area contributed by atoms with Crippen molar-refractivity contribution in [1.29, 1.82) is 0 Å². The lowest BCUT2D eigenvalue weighted by Crippen LogP contribution is -2.40. The van der Waals surface area contributed by atoms with Gasteiger partial charge in [-0.05, 0) is 55.8 Å². The molecule has 2 N–H and O–H groups in total. The maximum atomic E-state index is 13.1. The predicted molar refractivity (Wildman–Crippen MR) is 79.9 cm³/mol. The van der Waals surface area contributed by atoms with Crippen LogP contribution in [0.15, 0.2) is 24.3 Å². The van der Waals surface area contributed by atoms with Crippen LogP contribution in [0.2, 0.25) is 0 Å². The van der Waals surface area contributed by atoms with Crippen LogP contribution in [0.1, 0.15) is 50.1 Å². The quantitative estimate of drug-likeness (QED) is 0.912. The van der Waals surface area contributed by atoms with E-state index in [0.29, 0.717) is 12.6 Å². The van der Waals surface area contributed by atoms with E-state index in [1.54, 1.807) is 12.1 Å². The summed E-state index contributed by atoms with van der Waals surface area (Å²) in [5.41, 5.74) is 7.21. The van der Waals surface area contributed by atoms with Crippen LogP contribution >= 0.6 is 0 Å². The van der Waals surface area contributed by atoms with Crippen LogP contribution < -0.4 is 5.73 Å². The lowest BCUT2D eigenvalue weighted by atomic mass is 9.94. The largest absolute Gasteiger partial charge is 0.329 e. The lowest BCUT2D eigenvalue weighted by Gasteiger charge is -2.36. The fourth-order valence-electron chi connectivity index (χ4n) is 4.20. The Morgan fingerprint density at radius 3 is 2.45 bits per heavy atom. The Kier molecular flexibility index (Phi) is 4.37. The molecule has 3 rings (SSSR count). The van der Waals surface area contributed by atoms with Gasteiger partial charge in [-0.25, -0.2) is 4.39 Å². The van der Waals surface area contributed by atoms with Gasteiger partial charge in [0.1, 0.15) is 5.82 Å². The monoisotopic (exact) mass is 276 g/mol. The second kappa shape index (κ2) is 6.23. The first-order valence-electron chi connectivity index (χ1n) is 8.01. The molecule has 0 bridgehead atoms. The van der Waals surface area contributed by atoms with Crippen LogP contribution in [0.5, 0.6) is 0 Å². The first-order valence-corrected chi connectivity index (χ1v) is 8.01. The first kappa shape index (κ1) is 14.0. The molecule has 2 fully saturated rings.